The lowest BCUT2D eigenvalue weighted by Gasteiger charge is -2.34. The summed E-state index contributed by atoms with van der Waals surface area (Å²) in [5.74, 6) is -0.0564. The third-order valence-corrected chi connectivity index (χ3v) is 4.57. The molecule has 0 unspecified atom stereocenters. The Balaban J connectivity index is 1.86. The highest BCUT2D eigenvalue weighted by atomic mass is 16.3. The van der Waals surface area contributed by atoms with E-state index in [0.717, 1.165) is 31.4 Å². The molecule has 6 heteroatoms. The Labute approximate surface area is 147 Å². The number of amides is 2. The van der Waals surface area contributed by atoms with Gasteiger partial charge in [0.15, 0.2) is 0 Å². The summed E-state index contributed by atoms with van der Waals surface area (Å²) in [6.07, 6.45) is 1.47. The van der Waals surface area contributed by atoms with Crippen LogP contribution in [0.15, 0.2) is 28.7 Å². The van der Waals surface area contributed by atoms with E-state index in [0.29, 0.717) is 30.8 Å². The smallest absolute Gasteiger partial charge is 0.291 e. The molecule has 1 saturated heterocycles. The van der Waals surface area contributed by atoms with Gasteiger partial charge in [0.25, 0.3) is 5.91 Å². The number of para-hydroxylation sites is 1. The number of furan rings is 1. The average molecular weight is 343 g/mol. The summed E-state index contributed by atoms with van der Waals surface area (Å²) in [5, 5.41) is 3.60. The molecule has 1 fully saturated rings. The monoisotopic (exact) mass is 343 g/mol. The molecule has 1 aromatic heterocycles. The van der Waals surface area contributed by atoms with Crippen LogP contribution in [-0.4, -0.2) is 54.3 Å². The van der Waals surface area contributed by atoms with Gasteiger partial charge >= 0.3 is 0 Å². The lowest BCUT2D eigenvalue weighted by Crippen LogP contribution is -2.48. The van der Waals surface area contributed by atoms with Crippen LogP contribution in [0.1, 0.15) is 37.2 Å². The number of nitrogens with one attached hydrogen (secondary N) is 1. The molecular weight excluding hydrogens is 318 g/mol. The van der Waals surface area contributed by atoms with Gasteiger partial charge in [-0.25, -0.2) is 0 Å². The third kappa shape index (κ3) is 3.69. The Hall–Kier alpha value is -2.34. The van der Waals surface area contributed by atoms with Crippen LogP contribution in [-0.2, 0) is 4.79 Å². The fourth-order valence-electron chi connectivity index (χ4n) is 3.18. The fraction of sp³-hybridized carbons (Fsp3) is 0.474. The number of piperazine rings is 1. The fourth-order valence-corrected chi connectivity index (χ4v) is 3.18. The van der Waals surface area contributed by atoms with Gasteiger partial charge in [0.2, 0.25) is 11.7 Å². The molecule has 1 N–H and O–H groups in total. The number of nitrogens with zero attached hydrogens (tertiary/aromatic N) is 2. The maximum atomic E-state index is 13.0. The lowest BCUT2D eigenvalue weighted by molar-refractivity contribution is -0.115. The van der Waals surface area contributed by atoms with Gasteiger partial charge in [-0.2, -0.15) is 0 Å². The van der Waals surface area contributed by atoms with Crippen molar-refractivity contribution in [3.8, 4) is 0 Å². The minimum Gasteiger partial charge on any atom is -0.449 e. The zero-order chi connectivity index (χ0) is 17.8. The number of hydrogen-bond donors (Lipinski definition) is 1. The second-order valence-corrected chi connectivity index (χ2v) is 6.34. The van der Waals surface area contributed by atoms with E-state index in [1.807, 2.05) is 29.2 Å². The first-order valence-corrected chi connectivity index (χ1v) is 8.97. The molecule has 3 rings (SSSR count). The van der Waals surface area contributed by atoms with Crippen LogP contribution in [0, 0.1) is 0 Å². The Morgan fingerprint density at radius 2 is 1.84 bits per heavy atom. The Kier molecular flexibility index (Phi) is 5.38. The first kappa shape index (κ1) is 17.5. The molecule has 1 aromatic carbocycles. The number of anilines is 1. The highest BCUT2D eigenvalue weighted by molar-refractivity contribution is 6.10. The third-order valence-electron chi connectivity index (χ3n) is 4.57. The summed E-state index contributed by atoms with van der Waals surface area (Å²) in [5.41, 5.74) is 1.10. The van der Waals surface area contributed by atoms with Crippen LogP contribution < -0.4 is 5.32 Å². The summed E-state index contributed by atoms with van der Waals surface area (Å²) in [7, 11) is 0. The molecule has 0 aliphatic carbocycles. The van der Waals surface area contributed by atoms with Crippen LogP contribution in [0.25, 0.3) is 11.0 Å². The van der Waals surface area contributed by atoms with Crippen molar-refractivity contribution >= 4 is 28.5 Å². The summed E-state index contributed by atoms with van der Waals surface area (Å²) < 4.78 is 5.81. The van der Waals surface area contributed by atoms with Crippen LogP contribution in [0.2, 0.25) is 0 Å². The second-order valence-electron chi connectivity index (χ2n) is 6.34. The first-order valence-electron chi connectivity index (χ1n) is 8.97. The van der Waals surface area contributed by atoms with Crippen molar-refractivity contribution in [2.24, 2.45) is 0 Å². The number of hydrogen-bond acceptors (Lipinski definition) is 4. The lowest BCUT2D eigenvalue weighted by atomic mass is 10.2. The highest BCUT2D eigenvalue weighted by Crippen LogP contribution is 2.32. The minimum absolute atomic E-state index is 0.131. The number of benzene rings is 1. The molecule has 2 heterocycles. The standard InChI is InChI=1S/C19H25N3O3/c1-3-9-21-10-12-22(13-11-21)19(24)18-17(20-16(23)4-2)14-7-5-6-8-15(14)25-18/h5-8H,3-4,9-13H2,1-2H3,(H,20,23). The molecule has 25 heavy (non-hydrogen) atoms. The van der Waals surface area contributed by atoms with Crippen molar-refractivity contribution in [1.29, 1.82) is 0 Å². The number of fused-ring (bicyclic) bond motifs is 1. The van der Waals surface area contributed by atoms with Crippen molar-refractivity contribution < 1.29 is 14.0 Å². The summed E-state index contributed by atoms with van der Waals surface area (Å²) in [6.45, 7) is 8.10. The molecule has 0 radical (unpaired) electrons. The predicted molar refractivity (Wildman–Crippen MR) is 97.8 cm³/mol. The first-order chi connectivity index (χ1) is 12.1. The van der Waals surface area contributed by atoms with E-state index < -0.39 is 0 Å². The average Bonchev–Trinajstić information content (AvgIpc) is 3.00. The van der Waals surface area contributed by atoms with E-state index in [1.54, 1.807) is 6.92 Å². The molecule has 6 nitrogen and oxygen atoms in total. The molecule has 2 aromatic rings. The molecule has 134 valence electrons. The molecule has 1 aliphatic rings. The SMILES string of the molecule is CCCN1CCN(C(=O)c2oc3ccccc3c2NC(=O)CC)CC1. The van der Waals surface area contributed by atoms with E-state index >= 15 is 0 Å². The number of rotatable bonds is 5. The Morgan fingerprint density at radius 3 is 2.52 bits per heavy atom. The Bertz CT molecular complexity index is 760. The summed E-state index contributed by atoms with van der Waals surface area (Å²) >= 11 is 0. The second kappa shape index (κ2) is 7.70. The highest BCUT2D eigenvalue weighted by Gasteiger charge is 2.28. The number of carbonyl (C=O) groups excluding carboxylic acids is 2. The van der Waals surface area contributed by atoms with Crippen molar-refractivity contribution in [1.82, 2.24) is 9.80 Å². The van der Waals surface area contributed by atoms with Crippen molar-refractivity contribution in [2.75, 3.05) is 38.0 Å². The largest absolute Gasteiger partial charge is 0.449 e. The van der Waals surface area contributed by atoms with Gasteiger partial charge in [-0.05, 0) is 25.1 Å². The van der Waals surface area contributed by atoms with Crippen LogP contribution in [0.3, 0.4) is 0 Å². The normalized spacial score (nSPS) is 15.5. The van der Waals surface area contributed by atoms with Crippen molar-refractivity contribution in [2.45, 2.75) is 26.7 Å². The summed E-state index contributed by atoms with van der Waals surface area (Å²) in [4.78, 5) is 29.1. The quantitative estimate of drug-likeness (QED) is 0.906. The van der Waals surface area contributed by atoms with Gasteiger partial charge in [-0.15, -0.1) is 0 Å². The van der Waals surface area contributed by atoms with Crippen LogP contribution >= 0.6 is 0 Å². The van der Waals surface area contributed by atoms with Crippen LogP contribution in [0.4, 0.5) is 5.69 Å². The molecular formula is C19H25N3O3. The van der Waals surface area contributed by atoms with E-state index in [9.17, 15) is 9.59 Å². The van der Waals surface area contributed by atoms with Gasteiger partial charge in [0, 0.05) is 38.0 Å². The number of carbonyl (C=O) groups is 2. The molecule has 2 amide bonds. The molecule has 0 saturated carbocycles. The zero-order valence-corrected chi connectivity index (χ0v) is 14.9. The van der Waals surface area contributed by atoms with Gasteiger partial charge in [-0.3, -0.25) is 14.5 Å². The maximum absolute atomic E-state index is 13.0. The van der Waals surface area contributed by atoms with E-state index in [4.69, 9.17) is 4.42 Å². The van der Waals surface area contributed by atoms with Gasteiger partial charge in [0.05, 0.1) is 0 Å². The maximum Gasteiger partial charge on any atom is 0.291 e. The topological polar surface area (TPSA) is 65.8 Å². The molecule has 0 spiro atoms. The van der Waals surface area contributed by atoms with Crippen LogP contribution in [0.5, 0.6) is 0 Å². The molecule has 1 aliphatic heterocycles. The minimum atomic E-state index is -0.154. The zero-order valence-electron chi connectivity index (χ0n) is 14.9. The molecule has 0 bridgehead atoms. The van der Waals surface area contributed by atoms with Gasteiger partial charge in [0.1, 0.15) is 11.3 Å². The molecule has 0 atom stereocenters. The van der Waals surface area contributed by atoms with E-state index in [1.165, 1.54) is 0 Å². The van der Waals surface area contributed by atoms with E-state index in [-0.39, 0.29) is 17.6 Å². The van der Waals surface area contributed by atoms with Gasteiger partial charge in [-0.1, -0.05) is 26.0 Å². The van der Waals surface area contributed by atoms with E-state index in [2.05, 4.69) is 17.1 Å². The Morgan fingerprint density at radius 1 is 1.12 bits per heavy atom. The van der Waals surface area contributed by atoms with Gasteiger partial charge < -0.3 is 14.6 Å². The van der Waals surface area contributed by atoms with Crippen molar-refractivity contribution in [3.63, 3.8) is 0 Å². The predicted octanol–water partition coefficient (Wildman–Crippen LogP) is 2.95. The van der Waals surface area contributed by atoms with Crippen molar-refractivity contribution in [3.05, 3.63) is 30.0 Å². The summed E-state index contributed by atoms with van der Waals surface area (Å²) in [6, 6.07) is 7.40.